The van der Waals surface area contributed by atoms with Crippen LogP contribution < -0.4 is 16.2 Å². The average Bonchev–Trinajstić information content (AvgIpc) is 3.29. The van der Waals surface area contributed by atoms with Crippen LogP contribution in [0.1, 0.15) is 29.7 Å². The van der Waals surface area contributed by atoms with Crippen molar-refractivity contribution in [3.05, 3.63) is 69.6 Å². The Hall–Kier alpha value is -3.19. The smallest absolute Gasteiger partial charge is 0.319 e. The minimum atomic E-state index is -0.302. The molecule has 3 aromatic rings. The predicted octanol–water partition coefficient (Wildman–Crippen LogP) is 3.43. The zero-order chi connectivity index (χ0) is 21.8. The highest BCUT2D eigenvalue weighted by molar-refractivity contribution is 5.90. The Balaban J connectivity index is 1.50. The first kappa shape index (κ1) is 21.1. The predicted molar refractivity (Wildman–Crippen MR) is 123 cm³/mol. The van der Waals surface area contributed by atoms with Crippen molar-refractivity contribution < 1.29 is 4.79 Å². The number of benzene rings is 2. The van der Waals surface area contributed by atoms with E-state index in [0.717, 1.165) is 36.3 Å². The van der Waals surface area contributed by atoms with Crippen LogP contribution >= 0.6 is 0 Å². The molecular formula is C24H29N5O2. The Labute approximate surface area is 182 Å². The van der Waals surface area contributed by atoms with Gasteiger partial charge in [0, 0.05) is 17.6 Å². The van der Waals surface area contributed by atoms with E-state index in [1.807, 2.05) is 56.3 Å². The number of nitrogens with zero attached hydrogens (tertiary/aromatic N) is 3. The number of nitrogens with one attached hydrogen (secondary N) is 2. The third-order valence-corrected chi connectivity index (χ3v) is 5.95. The highest BCUT2D eigenvalue weighted by atomic mass is 16.2. The Kier molecular flexibility index (Phi) is 6.32. The van der Waals surface area contributed by atoms with Crippen LogP contribution in [0.25, 0.3) is 10.8 Å². The van der Waals surface area contributed by atoms with Crippen LogP contribution in [0.4, 0.5) is 10.5 Å². The second-order valence-corrected chi connectivity index (χ2v) is 8.18. The summed E-state index contributed by atoms with van der Waals surface area (Å²) in [5.74, 6) is 0. The fourth-order valence-electron chi connectivity index (χ4n) is 3.99. The van der Waals surface area contributed by atoms with E-state index in [-0.39, 0.29) is 18.1 Å². The van der Waals surface area contributed by atoms with E-state index in [1.165, 1.54) is 18.4 Å². The minimum Gasteiger partial charge on any atom is -0.332 e. The lowest BCUT2D eigenvalue weighted by Crippen LogP contribution is -2.33. The van der Waals surface area contributed by atoms with Crippen LogP contribution in [-0.4, -0.2) is 40.3 Å². The number of carbonyl (C=O) groups is 1. The standard InChI is InChI=1S/C24H29N5O2/c1-17-9-10-19(15-18(17)2)26-24(31)25-16-22-20-7-3-4-8-21(20)23(30)29(27-22)14-13-28-11-5-6-12-28/h3-4,7-10,15H,5-6,11-14,16H2,1-2H3,(H2,25,26,31). The largest absolute Gasteiger partial charge is 0.332 e. The minimum absolute atomic E-state index is 0.0851. The lowest BCUT2D eigenvalue weighted by molar-refractivity contribution is 0.251. The number of likely N-dealkylation sites (tertiary alicyclic amines) is 1. The zero-order valence-electron chi connectivity index (χ0n) is 18.1. The molecule has 162 valence electrons. The van der Waals surface area contributed by atoms with Gasteiger partial charge in [-0.2, -0.15) is 5.10 Å². The van der Waals surface area contributed by atoms with Crippen molar-refractivity contribution in [1.82, 2.24) is 20.0 Å². The maximum atomic E-state index is 12.9. The number of fused-ring (bicyclic) bond motifs is 1. The van der Waals surface area contributed by atoms with Crippen molar-refractivity contribution in [3.63, 3.8) is 0 Å². The van der Waals surface area contributed by atoms with Crippen LogP contribution in [0.2, 0.25) is 0 Å². The molecule has 2 aromatic carbocycles. The Morgan fingerprint density at radius 2 is 1.74 bits per heavy atom. The molecule has 2 heterocycles. The summed E-state index contributed by atoms with van der Waals surface area (Å²) in [6.07, 6.45) is 2.43. The number of amides is 2. The summed E-state index contributed by atoms with van der Waals surface area (Å²) >= 11 is 0. The molecule has 31 heavy (non-hydrogen) atoms. The molecule has 2 N–H and O–H groups in total. The second kappa shape index (κ2) is 9.31. The van der Waals surface area contributed by atoms with E-state index in [4.69, 9.17) is 0 Å². The summed E-state index contributed by atoms with van der Waals surface area (Å²) in [6.45, 7) is 7.80. The average molecular weight is 420 g/mol. The zero-order valence-corrected chi connectivity index (χ0v) is 18.1. The third kappa shape index (κ3) is 4.94. The lowest BCUT2D eigenvalue weighted by atomic mass is 10.1. The third-order valence-electron chi connectivity index (χ3n) is 5.95. The van der Waals surface area contributed by atoms with Gasteiger partial charge in [0.05, 0.1) is 24.2 Å². The summed E-state index contributed by atoms with van der Waals surface area (Å²) < 4.78 is 1.54. The first-order chi connectivity index (χ1) is 15.0. The van der Waals surface area contributed by atoms with E-state index < -0.39 is 0 Å². The molecule has 0 spiro atoms. The van der Waals surface area contributed by atoms with Crippen molar-refractivity contribution >= 4 is 22.5 Å². The maximum absolute atomic E-state index is 12.9. The van der Waals surface area contributed by atoms with Gasteiger partial charge in [-0.05, 0) is 69.1 Å². The number of hydrogen-bond acceptors (Lipinski definition) is 4. The number of hydrogen-bond donors (Lipinski definition) is 2. The van der Waals surface area contributed by atoms with Gasteiger partial charge in [-0.3, -0.25) is 4.79 Å². The van der Waals surface area contributed by atoms with Gasteiger partial charge < -0.3 is 15.5 Å². The van der Waals surface area contributed by atoms with Crippen molar-refractivity contribution in [2.45, 2.75) is 39.8 Å². The number of carbonyl (C=O) groups excluding carboxylic acids is 1. The van der Waals surface area contributed by atoms with E-state index in [9.17, 15) is 9.59 Å². The monoisotopic (exact) mass is 419 g/mol. The van der Waals surface area contributed by atoms with Gasteiger partial charge in [0.15, 0.2) is 0 Å². The molecule has 0 aliphatic carbocycles. The highest BCUT2D eigenvalue weighted by Gasteiger charge is 2.15. The van der Waals surface area contributed by atoms with E-state index in [1.54, 1.807) is 4.68 Å². The molecule has 1 aromatic heterocycles. The topological polar surface area (TPSA) is 79.3 Å². The molecule has 7 heteroatoms. The van der Waals surface area contributed by atoms with Crippen LogP contribution in [0.5, 0.6) is 0 Å². The first-order valence-electron chi connectivity index (χ1n) is 10.8. The number of aryl methyl sites for hydroxylation is 2. The SMILES string of the molecule is Cc1ccc(NC(=O)NCc2nn(CCN3CCCC3)c(=O)c3ccccc23)cc1C. The van der Waals surface area contributed by atoms with Crippen LogP contribution in [0.15, 0.2) is 47.3 Å². The molecular weight excluding hydrogens is 390 g/mol. The number of aromatic nitrogens is 2. The summed E-state index contributed by atoms with van der Waals surface area (Å²) in [4.78, 5) is 27.7. The molecule has 7 nitrogen and oxygen atoms in total. The summed E-state index contributed by atoms with van der Waals surface area (Å²) in [7, 11) is 0. The van der Waals surface area contributed by atoms with Gasteiger partial charge in [-0.15, -0.1) is 0 Å². The molecule has 0 atom stereocenters. The van der Waals surface area contributed by atoms with Gasteiger partial charge in [-0.1, -0.05) is 24.3 Å². The van der Waals surface area contributed by atoms with E-state index in [0.29, 0.717) is 17.6 Å². The molecule has 1 aliphatic rings. The second-order valence-electron chi connectivity index (χ2n) is 8.18. The quantitative estimate of drug-likeness (QED) is 0.642. The first-order valence-corrected chi connectivity index (χ1v) is 10.8. The van der Waals surface area contributed by atoms with Gasteiger partial charge >= 0.3 is 6.03 Å². The normalized spacial score (nSPS) is 14.1. The van der Waals surface area contributed by atoms with Crippen molar-refractivity contribution in [1.29, 1.82) is 0 Å². The number of rotatable bonds is 6. The molecule has 0 radical (unpaired) electrons. The van der Waals surface area contributed by atoms with E-state index in [2.05, 4.69) is 20.6 Å². The summed E-state index contributed by atoms with van der Waals surface area (Å²) in [5, 5.41) is 11.7. The van der Waals surface area contributed by atoms with Crippen LogP contribution in [0, 0.1) is 13.8 Å². The molecule has 0 bridgehead atoms. The van der Waals surface area contributed by atoms with Gasteiger partial charge in [0.25, 0.3) is 5.56 Å². The molecule has 1 aliphatic heterocycles. The highest BCUT2D eigenvalue weighted by Crippen LogP contribution is 2.15. The number of anilines is 1. The lowest BCUT2D eigenvalue weighted by Gasteiger charge is -2.16. The fraction of sp³-hybridized carbons (Fsp3) is 0.375. The number of urea groups is 1. The molecule has 2 amide bonds. The Morgan fingerprint density at radius 1 is 1.00 bits per heavy atom. The van der Waals surface area contributed by atoms with Crippen molar-refractivity contribution in [2.24, 2.45) is 0 Å². The molecule has 1 fully saturated rings. The molecule has 1 saturated heterocycles. The van der Waals surface area contributed by atoms with Gasteiger partial charge in [-0.25, -0.2) is 9.48 Å². The molecule has 4 rings (SSSR count). The van der Waals surface area contributed by atoms with E-state index >= 15 is 0 Å². The molecule has 0 saturated carbocycles. The summed E-state index contributed by atoms with van der Waals surface area (Å²) in [6, 6.07) is 13.0. The Bertz CT molecular complexity index is 1150. The van der Waals surface area contributed by atoms with Crippen molar-refractivity contribution in [3.8, 4) is 0 Å². The van der Waals surface area contributed by atoms with Crippen LogP contribution in [-0.2, 0) is 13.1 Å². The van der Waals surface area contributed by atoms with Crippen molar-refractivity contribution in [2.75, 3.05) is 25.0 Å². The van der Waals surface area contributed by atoms with Gasteiger partial charge in [0.2, 0.25) is 0 Å². The molecule has 0 unspecified atom stereocenters. The van der Waals surface area contributed by atoms with Crippen LogP contribution in [0.3, 0.4) is 0 Å². The summed E-state index contributed by atoms with van der Waals surface area (Å²) in [5.41, 5.74) is 3.65. The fourth-order valence-corrected chi connectivity index (χ4v) is 3.99. The Morgan fingerprint density at radius 3 is 2.48 bits per heavy atom. The maximum Gasteiger partial charge on any atom is 0.319 e. The van der Waals surface area contributed by atoms with Gasteiger partial charge in [0.1, 0.15) is 0 Å².